The first kappa shape index (κ1) is 20.2. The van der Waals surface area contributed by atoms with Crippen LogP contribution in [0.5, 0.6) is 5.75 Å². The average Bonchev–Trinajstić information content (AvgIpc) is 3.15. The Morgan fingerprint density at radius 3 is 2.41 bits per heavy atom. The summed E-state index contributed by atoms with van der Waals surface area (Å²) >= 11 is 0. The van der Waals surface area contributed by atoms with Crippen LogP contribution in [0.1, 0.15) is 50.5 Å². The van der Waals surface area contributed by atoms with E-state index in [2.05, 4.69) is 17.0 Å². The van der Waals surface area contributed by atoms with E-state index in [-0.39, 0.29) is 29.8 Å². The topological polar surface area (TPSA) is 53.1 Å². The van der Waals surface area contributed by atoms with Gasteiger partial charge in [-0.1, -0.05) is 12.1 Å². The molecule has 2 amide bonds. The number of ether oxygens (including phenoxy) is 1. The van der Waals surface area contributed by atoms with Gasteiger partial charge in [0.15, 0.2) is 0 Å². The predicted molar refractivity (Wildman–Crippen MR) is 112 cm³/mol. The lowest BCUT2D eigenvalue weighted by Gasteiger charge is -2.42. The van der Waals surface area contributed by atoms with Crippen molar-refractivity contribution in [3.63, 3.8) is 0 Å². The molecule has 0 aliphatic carbocycles. The molecule has 3 fully saturated rings. The van der Waals surface area contributed by atoms with Crippen molar-refractivity contribution in [3.05, 3.63) is 29.8 Å². The molecule has 1 aromatic rings. The van der Waals surface area contributed by atoms with Gasteiger partial charge in [0.25, 0.3) is 0 Å². The minimum Gasteiger partial charge on any atom is -0.497 e. The largest absolute Gasteiger partial charge is 0.497 e. The first-order valence-corrected chi connectivity index (χ1v) is 11.0. The molecule has 3 heterocycles. The van der Waals surface area contributed by atoms with Crippen molar-refractivity contribution < 1.29 is 14.3 Å². The molecule has 4 rings (SSSR count). The van der Waals surface area contributed by atoms with Crippen molar-refractivity contribution in [3.8, 4) is 5.75 Å². The summed E-state index contributed by atoms with van der Waals surface area (Å²) in [7, 11) is 1.67. The zero-order valence-electron chi connectivity index (χ0n) is 17.7. The van der Waals surface area contributed by atoms with Crippen molar-refractivity contribution in [2.75, 3.05) is 39.8 Å². The molecule has 6 nitrogen and oxygen atoms in total. The van der Waals surface area contributed by atoms with Gasteiger partial charge in [0.1, 0.15) is 5.75 Å². The standard InChI is InChI=1S/C23H33N3O3/c1-17(27)26-15-20(18-8-10-19(29-2)11-9-18)23-21(26)7-6-14-25(23)16-22(28)24-12-4-3-5-13-24/h8-11,20-21,23H,3-7,12-16H2,1-2H3/t20-,21-,23-/m1/s1. The molecule has 1 aromatic carbocycles. The number of likely N-dealkylation sites (tertiary alicyclic amines) is 3. The van der Waals surface area contributed by atoms with Gasteiger partial charge in [0.2, 0.25) is 11.8 Å². The Morgan fingerprint density at radius 1 is 1.03 bits per heavy atom. The summed E-state index contributed by atoms with van der Waals surface area (Å²) in [6.07, 6.45) is 5.51. The van der Waals surface area contributed by atoms with Gasteiger partial charge in [-0.25, -0.2) is 0 Å². The van der Waals surface area contributed by atoms with Gasteiger partial charge in [0, 0.05) is 44.6 Å². The summed E-state index contributed by atoms with van der Waals surface area (Å²) in [5.74, 6) is 1.46. The molecule has 6 heteroatoms. The van der Waals surface area contributed by atoms with E-state index in [1.165, 1.54) is 12.0 Å². The van der Waals surface area contributed by atoms with Crippen LogP contribution in [0, 0.1) is 0 Å². The SMILES string of the molecule is COc1ccc([C@H]2CN(C(C)=O)[C@@H]3CCCN(CC(=O)N4CCCCC4)[C@H]23)cc1. The van der Waals surface area contributed by atoms with Gasteiger partial charge in [-0.15, -0.1) is 0 Å². The zero-order chi connectivity index (χ0) is 20.4. The Kier molecular flexibility index (Phi) is 6.09. The quantitative estimate of drug-likeness (QED) is 0.781. The molecule has 158 valence electrons. The van der Waals surface area contributed by atoms with Gasteiger partial charge >= 0.3 is 0 Å². The Morgan fingerprint density at radius 2 is 1.76 bits per heavy atom. The fourth-order valence-corrected chi connectivity index (χ4v) is 5.50. The number of piperidine rings is 2. The van der Waals surface area contributed by atoms with Crippen molar-refractivity contribution in [2.45, 2.75) is 57.0 Å². The number of hydrogen-bond donors (Lipinski definition) is 0. The third-order valence-corrected chi connectivity index (χ3v) is 6.96. The lowest BCUT2D eigenvalue weighted by atomic mass is 9.86. The van der Waals surface area contributed by atoms with Crippen LogP contribution in [0.2, 0.25) is 0 Å². The van der Waals surface area contributed by atoms with Crippen molar-refractivity contribution in [1.29, 1.82) is 0 Å². The summed E-state index contributed by atoms with van der Waals surface area (Å²) < 4.78 is 5.31. The first-order valence-electron chi connectivity index (χ1n) is 11.0. The fraction of sp³-hybridized carbons (Fsp3) is 0.652. The van der Waals surface area contributed by atoms with Gasteiger partial charge < -0.3 is 14.5 Å². The molecule has 0 radical (unpaired) electrons. The van der Waals surface area contributed by atoms with Crippen molar-refractivity contribution in [2.24, 2.45) is 0 Å². The summed E-state index contributed by atoms with van der Waals surface area (Å²) in [6, 6.07) is 8.62. The number of fused-ring (bicyclic) bond motifs is 1. The van der Waals surface area contributed by atoms with Crippen LogP contribution >= 0.6 is 0 Å². The van der Waals surface area contributed by atoms with E-state index in [9.17, 15) is 9.59 Å². The number of carbonyl (C=O) groups is 2. The average molecular weight is 400 g/mol. The van der Waals surface area contributed by atoms with E-state index in [1.807, 2.05) is 21.9 Å². The third kappa shape index (κ3) is 4.13. The molecular weight excluding hydrogens is 366 g/mol. The van der Waals surface area contributed by atoms with Crippen LogP contribution < -0.4 is 4.74 Å². The monoisotopic (exact) mass is 399 g/mol. The Labute approximate surface area is 173 Å². The highest BCUT2D eigenvalue weighted by atomic mass is 16.5. The maximum Gasteiger partial charge on any atom is 0.236 e. The smallest absolute Gasteiger partial charge is 0.236 e. The van der Waals surface area contributed by atoms with Crippen molar-refractivity contribution in [1.82, 2.24) is 14.7 Å². The molecular formula is C23H33N3O3. The van der Waals surface area contributed by atoms with Crippen molar-refractivity contribution >= 4 is 11.8 Å². The summed E-state index contributed by atoms with van der Waals surface area (Å²) in [4.78, 5) is 31.8. The minimum absolute atomic E-state index is 0.139. The Balaban J connectivity index is 1.57. The Hall–Kier alpha value is -2.08. The third-order valence-electron chi connectivity index (χ3n) is 6.96. The van der Waals surface area contributed by atoms with Crippen LogP contribution in [0.25, 0.3) is 0 Å². The fourth-order valence-electron chi connectivity index (χ4n) is 5.50. The van der Waals surface area contributed by atoms with Gasteiger partial charge in [-0.2, -0.15) is 0 Å². The van der Waals surface area contributed by atoms with E-state index >= 15 is 0 Å². The second-order valence-electron chi connectivity index (χ2n) is 8.66. The van der Waals surface area contributed by atoms with E-state index in [4.69, 9.17) is 4.74 Å². The van der Waals surface area contributed by atoms with Crippen LogP contribution in [-0.4, -0.2) is 78.4 Å². The van der Waals surface area contributed by atoms with Gasteiger partial charge in [-0.05, 0) is 56.3 Å². The Bertz CT molecular complexity index is 729. The number of rotatable bonds is 4. The number of carbonyl (C=O) groups excluding carboxylic acids is 2. The number of nitrogens with zero attached hydrogens (tertiary/aromatic N) is 3. The van der Waals surface area contributed by atoms with Gasteiger partial charge in [0.05, 0.1) is 13.7 Å². The summed E-state index contributed by atoms with van der Waals surface area (Å²) in [5, 5.41) is 0. The number of benzene rings is 1. The lowest BCUT2D eigenvalue weighted by Crippen LogP contribution is -2.54. The second-order valence-corrected chi connectivity index (χ2v) is 8.66. The number of amides is 2. The normalized spacial score (nSPS) is 27.6. The van der Waals surface area contributed by atoms with Crippen LogP contribution in [0.15, 0.2) is 24.3 Å². The molecule has 0 unspecified atom stereocenters. The lowest BCUT2D eigenvalue weighted by molar-refractivity contribution is -0.135. The van der Waals surface area contributed by atoms with E-state index in [0.29, 0.717) is 6.54 Å². The molecule has 0 saturated carbocycles. The number of methoxy groups -OCH3 is 1. The maximum absolute atomic E-state index is 13.0. The molecule has 0 spiro atoms. The molecule has 0 aromatic heterocycles. The molecule has 0 bridgehead atoms. The van der Waals surface area contributed by atoms with E-state index in [1.54, 1.807) is 14.0 Å². The summed E-state index contributed by atoms with van der Waals surface area (Å²) in [5.41, 5.74) is 1.22. The highest BCUT2D eigenvalue weighted by Gasteiger charge is 2.48. The minimum atomic E-state index is 0.139. The first-order chi connectivity index (χ1) is 14.1. The maximum atomic E-state index is 13.0. The van der Waals surface area contributed by atoms with Crippen LogP contribution in [0.3, 0.4) is 0 Å². The molecule has 3 saturated heterocycles. The van der Waals surface area contributed by atoms with Gasteiger partial charge in [-0.3, -0.25) is 14.5 Å². The molecule has 3 aliphatic rings. The van der Waals surface area contributed by atoms with Crippen LogP contribution in [-0.2, 0) is 9.59 Å². The highest BCUT2D eigenvalue weighted by Crippen LogP contribution is 2.40. The number of hydrogen-bond acceptors (Lipinski definition) is 4. The van der Waals surface area contributed by atoms with E-state index < -0.39 is 0 Å². The van der Waals surface area contributed by atoms with E-state index in [0.717, 1.165) is 57.6 Å². The zero-order valence-corrected chi connectivity index (χ0v) is 17.7. The second kappa shape index (κ2) is 8.74. The summed E-state index contributed by atoms with van der Waals surface area (Å²) in [6.45, 7) is 5.58. The molecule has 0 N–H and O–H groups in total. The highest BCUT2D eigenvalue weighted by molar-refractivity contribution is 5.78. The molecule has 29 heavy (non-hydrogen) atoms. The van der Waals surface area contributed by atoms with Crippen LogP contribution in [0.4, 0.5) is 0 Å². The predicted octanol–water partition coefficient (Wildman–Crippen LogP) is 2.49. The molecule has 3 atom stereocenters. The molecule has 3 aliphatic heterocycles.